The van der Waals surface area contributed by atoms with Crippen LogP contribution in [0, 0.1) is 0 Å². The van der Waals surface area contributed by atoms with Crippen LogP contribution in [0.25, 0.3) is 23.1 Å². The number of anilines is 2. The van der Waals surface area contributed by atoms with E-state index >= 15 is 0 Å². The summed E-state index contributed by atoms with van der Waals surface area (Å²) in [7, 11) is 0. The Bertz CT molecular complexity index is 1060. The third kappa shape index (κ3) is 3.60. The van der Waals surface area contributed by atoms with E-state index in [0.29, 0.717) is 10.8 Å². The van der Waals surface area contributed by atoms with Crippen molar-refractivity contribution in [2.45, 2.75) is 0 Å². The Hall–Kier alpha value is -3.52. The fourth-order valence-electron chi connectivity index (χ4n) is 2.43. The number of carbonyl (C=O) groups excluding carboxylic acids is 1. The Morgan fingerprint density at radius 1 is 1.08 bits per heavy atom. The van der Waals surface area contributed by atoms with Gasteiger partial charge < -0.3 is 5.32 Å². The summed E-state index contributed by atoms with van der Waals surface area (Å²) in [5, 5.41) is 16.1. The van der Waals surface area contributed by atoms with Gasteiger partial charge in [0.25, 0.3) is 0 Å². The van der Waals surface area contributed by atoms with Gasteiger partial charge in [-0.15, -0.1) is 11.3 Å². The highest BCUT2D eigenvalue weighted by Gasteiger charge is 2.07. The number of benzene rings is 1. The van der Waals surface area contributed by atoms with E-state index in [2.05, 4.69) is 30.8 Å². The lowest BCUT2D eigenvalue weighted by Gasteiger charge is -2.05. The number of aromatic amines is 1. The van der Waals surface area contributed by atoms with Gasteiger partial charge in [0.15, 0.2) is 5.13 Å². The van der Waals surface area contributed by atoms with Crippen molar-refractivity contribution in [3.05, 3.63) is 65.6 Å². The molecule has 0 aliphatic heterocycles. The number of pyridine rings is 1. The first-order valence-corrected chi connectivity index (χ1v) is 8.71. The first-order chi connectivity index (χ1) is 12.8. The highest BCUT2D eigenvalue weighted by Crippen LogP contribution is 2.22. The number of carbonyl (C=O) groups is 1. The van der Waals surface area contributed by atoms with Gasteiger partial charge in [0.05, 0.1) is 16.9 Å². The summed E-state index contributed by atoms with van der Waals surface area (Å²) in [5.74, 6) is 0. The SMILES string of the molecule is O=C(Nc1ccc2c(/C=C/c3ccccn3)n[nH]c2c1)Nc1nccs1. The quantitative estimate of drug-likeness (QED) is 0.506. The van der Waals surface area contributed by atoms with E-state index in [4.69, 9.17) is 0 Å². The molecule has 0 aliphatic rings. The Morgan fingerprint density at radius 2 is 2.04 bits per heavy atom. The van der Waals surface area contributed by atoms with Gasteiger partial charge in [-0.25, -0.2) is 9.78 Å². The van der Waals surface area contributed by atoms with Gasteiger partial charge in [-0.05, 0) is 42.5 Å². The van der Waals surface area contributed by atoms with Crippen LogP contribution in [0.2, 0.25) is 0 Å². The molecule has 7 nitrogen and oxygen atoms in total. The number of hydrogen-bond donors (Lipinski definition) is 3. The summed E-state index contributed by atoms with van der Waals surface area (Å²) >= 11 is 1.36. The Kier molecular flexibility index (Phi) is 4.40. The largest absolute Gasteiger partial charge is 0.325 e. The number of H-pyrrole nitrogens is 1. The summed E-state index contributed by atoms with van der Waals surface area (Å²) in [5.41, 5.74) is 3.17. The summed E-state index contributed by atoms with van der Waals surface area (Å²) in [6.07, 6.45) is 7.20. The summed E-state index contributed by atoms with van der Waals surface area (Å²) in [6, 6.07) is 11.0. The monoisotopic (exact) mass is 362 g/mol. The molecule has 0 spiro atoms. The number of aromatic nitrogens is 4. The average Bonchev–Trinajstić information content (AvgIpc) is 3.30. The number of nitrogens with one attached hydrogen (secondary N) is 3. The van der Waals surface area contributed by atoms with Crippen LogP contribution in [-0.4, -0.2) is 26.2 Å². The van der Waals surface area contributed by atoms with E-state index < -0.39 is 0 Å². The number of urea groups is 1. The Labute approximate surface area is 152 Å². The minimum Gasteiger partial charge on any atom is -0.308 e. The van der Waals surface area contributed by atoms with Crippen LogP contribution in [-0.2, 0) is 0 Å². The van der Waals surface area contributed by atoms with Gasteiger partial charge in [0.1, 0.15) is 0 Å². The van der Waals surface area contributed by atoms with Crippen molar-refractivity contribution >= 4 is 51.2 Å². The Morgan fingerprint density at radius 3 is 2.85 bits per heavy atom. The molecular formula is C18H14N6OS. The number of amides is 2. The van der Waals surface area contributed by atoms with Gasteiger partial charge in [-0.3, -0.25) is 15.4 Å². The second-order valence-electron chi connectivity index (χ2n) is 5.37. The fraction of sp³-hybridized carbons (Fsp3) is 0. The summed E-state index contributed by atoms with van der Waals surface area (Å²) in [6.45, 7) is 0. The molecule has 3 aromatic heterocycles. The minimum absolute atomic E-state index is 0.339. The normalized spacial score (nSPS) is 11.1. The molecule has 4 aromatic rings. The van der Waals surface area contributed by atoms with Crippen molar-refractivity contribution in [2.24, 2.45) is 0 Å². The van der Waals surface area contributed by atoms with E-state index in [1.807, 2.05) is 48.6 Å². The van der Waals surface area contributed by atoms with Gasteiger partial charge in [-0.1, -0.05) is 6.07 Å². The molecule has 0 radical (unpaired) electrons. The van der Waals surface area contributed by atoms with Crippen molar-refractivity contribution in [3.63, 3.8) is 0 Å². The standard InChI is InChI=1S/C18H14N6OS/c25-17(22-18-20-9-10-26-18)21-13-4-6-14-15(23-24-16(14)11-13)7-5-12-3-1-2-8-19-12/h1-11H,(H,23,24)(H2,20,21,22,25)/b7-5+. The smallest absolute Gasteiger partial charge is 0.308 e. The highest BCUT2D eigenvalue weighted by molar-refractivity contribution is 7.13. The van der Waals surface area contributed by atoms with E-state index in [0.717, 1.165) is 22.3 Å². The molecule has 128 valence electrons. The topological polar surface area (TPSA) is 95.6 Å². The molecule has 3 heterocycles. The molecule has 4 rings (SSSR count). The van der Waals surface area contributed by atoms with Crippen LogP contribution >= 0.6 is 11.3 Å². The first kappa shape index (κ1) is 16.0. The van der Waals surface area contributed by atoms with Crippen LogP contribution in [0.4, 0.5) is 15.6 Å². The maximum absolute atomic E-state index is 12.0. The van der Waals surface area contributed by atoms with Crippen LogP contribution < -0.4 is 10.6 Å². The maximum atomic E-state index is 12.0. The van der Waals surface area contributed by atoms with E-state index in [-0.39, 0.29) is 6.03 Å². The zero-order valence-electron chi connectivity index (χ0n) is 13.5. The second-order valence-corrected chi connectivity index (χ2v) is 6.27. The van der Waals surface area contributed by atoms with Crippen LogP contribution in [0.1, 0.15) is 11.4 Å². The molecular weight excluding hydrogens is 348 g/mol. The third-order valence-corrected chi connectivity index (χ3v) is 4.29. The van der Waals surface area contributed by atoms with Crippen molar-refractivity contribution in [1.29, 1.82) is 0 Å². The highest BCUT2D eigenvalue weighted by atomic mass is 32.1. The van der Waals surface area contributed by atoms with Crippen molar-refractivity contribution in [2.75, 3.05) is 10.6 Å². The molecule has 0 atom stereocenters. The van der Waals surface area contributed by atoms with Crippen molar-refractivity contribution < 1.29 is 4.79 Å². The first-order valence-electron chi connectivity index (χ1n) is 7.83. The third-order valence-electron chi connectivity index (χ3n) is 3.60. The average molecular weight is 362 g/mol. The molecule has 3 N–H and O–H groups in total. The van der Waals surface area contributed by atoms with E-state index in [1.165, 1.54) is 11.3 Å². The number of hydrogen-bond acceptors (Lipinski definition) is 5. The van der Waals surface area contributed by atoms with Gasteiger partial charge in [-0.2, -0.15) is 5.10 Å². The summed E-state index contributed by atoms with van der Waals surface area (Å²) < 4.78 is 0. The predicted octanol–water partition coefficient (Wildman–Crippen LogP) is 4.23. The van der Waals surface area contributed by atoms with E-state index in [1.54, 1.807) is 17.8 Å². The molecule has 0 saturated heterocycles. The van der Waals surface area contributed by atoms with Crippen LogP contribution in [0.5, 0.6) is 0 Å². The Balaban J connectivity index is 1.50. The molecule has 0 fully saturated rings. The molecule has 26 heavy (non-hydrogen) atoms. The fourth-order valence-corrected chi connectivity index (χ4v) is 2.95. The molecule has 0 saturated carbocycles. The van der Waals surface area contributed by atoms with Crippen LogP contribution in [0.15, 0.2) is 54.2 Å². The molecule has 8 heteroatoms. The van der Waals surface area contributed by atoms with Crippen molar-refractivity contribution in [1.82, 2.24) is 20.2 Å². The number of thiazole rings is 1. The number of fused-ring (bicyclic) bond motifs is 1. The van der Waals surface area contributed by atoms with Crippen molar-refractivity contribution in [3.8, 4) is 0 Å². The van der Waals surface area contributed by atoms with Gasteiger partial charge in [0, 0.05) is 28.8 Å². The minimum atomic E-state index is -0.339. The zero-order valence-corrected chi connectivity index (χ0v) is 14.3. The van der Waals surface area contributed by atoms with Crippen LogP contribution in [0.3, 0.4) is 0 Å². The molecule has 0 aliphatic carbocycles. The number of nitrogens with zero attached hydrogens (tertiary/aromatic N) is 3. The molecule has 2 amide bonds. The van der Waals surface area contributed by atoms with Gasteiger partial charge >= 0.3 is 6.03 Å². The molecule has 1 aromatic carbocycles. The lowest BCUT2D eigenvalue weighted by Crippen LogP contribution is -2.19. The zero-order chi connectivity index (χ0) is 17.8. The molecule has 0 bridgehead atoms. The maximum Gasteiger partial charge on any atom is 0.325 e. The van der Waals surface area contributed by atoms with Gasteiger partial charge in [0.2, 0.25) is 0 Å². The molecule has 0 unspecified atom stereocenters. The predicted molar refractivity (Wildman–Crippen MR) is 104 cm³/mol. The van der Waals surface area contributed by atoms with E-state index in [9.17, 15) is 4.79 Å². The lowest BCUT2D eigenvalue weighted by molar-refractivity contribution is 0.262. The lowest BCUT2D eigenvalue weighted by atomic mass is 10.1. The second kappa shape index (κ2) is 7.16. The number of rotatable bonds is 4. The summed E-state index contributed by atoms with van der Waals surface area (Å²) in [4.78, 5) is 20.2.